The highest BCUT2D eigenvalue weighted by atomic mass is 35.5. The lowest BCUT2D eigenvalue weighted by atomic mass is 10.3. The number of rotatable bonds is 5. The molecule has 0 bridgehead atoms. The summed E-state index contributed by atoms with van der Waals surface area (Å²) in [5.41, 5.74) is 0. The Kier molecular flexibility index (Phi) is 6.70. The van der Waals surface area contributed by atoms with Gasteiger partial charge in [0.25, 0.3) is 0 Å². The van der Waals surface area contributed by atoms with Gasteiger partial charge in [-0.2, -0.15) is 11.8 Å². The van der Waals surface area contributed by atoms with E-state index >= 15 is 0 Å². The fraction of sp³-hybridized carbons (Fsp3) is 1.00. The van der Waals surface area contributed by atoms with Crippen LogP contribution in [-0.4, -0.2) is 42.4 Å². The zero-order chi connectivity index (χ0) is 7.98. The van der Waals surface area contributed by atoms with E-state index in [-0.39, 0.29) is 0 Å². The Bertz CT molecular complexity index is 80.0. The number of hydrogen-bond donors (Lipinski definition) is 0. The molecule has 3 heteroatoms. The molecule has 0 amide bonds. The Balaban J connectivity index is 3.31. The van der Waals surface area contributed by atoms with Gasteiger partial charge in [-0.15, -0.1) is 11.6 Å². The number of alkyl halides is 1. The minimum atomic E-state index is 0.508. The van der Waals surface area contributed by atoms with Gasteiger partial charge < -0.3 is 4.90 Å². The predicted molar refractivity (Wildman–Crippen MR) is 51.2 cm³/mol. The van der Waals surface area contributed by atoms with Crippen LogP contribution in [0.1, 0.15) is 6.92 Å². The molecule has 0 heterocycles. The number of halogens is 1. The van der Waals surface area contributed by atoms with Crippen molar-refractivity contribution in [2.45, 2.75) is 13.0 Å². The van der Waals surface area contributed by atoms with Gasteiger partial charge in [0, 0.05) is 24.2 Å². The SMILES string of the molecule is CSCCN(C)C(C)CCl. The third-order valence-corrected chi connectivity index (χ3v) is 2.66. The zero-order valence-corrected chi connectivity index (χ0v) is 8.50. The Morgan fingerprint density at radius 1 is 1.60 bits per heavy atom. The van der Waals surface area contributed by atoms with E-state index in [9.17, 15) is 0 Å². The Morgan fingerprint density at radius 3 is 2.60 bits per heavy atom. The van der Waals surface area contributed by atoms with Gasteiger partial charge >= 0.3 is 0 Å². The minimum Gasteiger partial charge on any atom is -0.302 e. The molecular formula is C7H16ClNS. The quantitative estimate of drug-likeness (QED) is 0.597. The van der Waals surface area contributed by atoms with Gasteiger partial charge in [-0.05, 0) is 20.2 Å². The normalized spacial score (nSPS) is 14.1. The molecule has 1 atom stereocenters. The first-order valence-electron chi connectivity index (χ1n) is 3.47. The van der Waals surface area contributed by atoms with E-state index in [2.05, 4.69) is 25.1 Å². The predicted octanol–water partition coefficient (Wildman–Crippen LogP) is 1.91. The van der Waals surface area contributed by atoms with Gasteiger partial charge in [0.2, 0.25) is 0 Å². The summed E-state index contributed by atoms with van der Waals surface area (Å²) < 4.78 is 0. The molecule has 62 valence electrons. The second-order valence-electron chi connectivity index (χ2n) is 2.48. The third-order valence-electron chi connectivity index (χ3n) is 1.62. The van der Waals surface area contributed by atoms with Crippen LogP contribution in [0.25, 0.3) is 0 Å². The van der Waals surface area contributed by atoms with Crippen molar-refractivity contribution < 1.29 is 0 Å². The minimum absolute atomic E-state index is 0.508. The summed E-state index contributed by atoms with van der Waals surface area (Å²) in [6.07, 6.45) is 2.12. The first-order valence-corrected chi connectivity index (χ1v) is 5.40. The average Bonchev–Trinajstić information content (AvgIpc) is 1.98. The summed E-state index contributed by atoms with van der Waals surface area (Å²) in [4.78, 5) is 2.28. The van der Waals surface area contributed by atoms with Gasteiger partial charge in [-0.25, -0.2) is 0 Å². The topological polar surface area (TPSA) is 3.24 Å². The first-order chi connectivity index (χ1) is 4.72. The monoisotopic (exact) mass is 181 g/mol. The van der Waals surface area contributed by atoms with Crippen LogP contribution in [0.3, 0.4) is 0 Å². The first kappa shape index (κ1) is 10.6. The van der Waals surface area contributed by atoms with Crippen LogP contribution in [-0.2, 0) is 0 Å². The van der Waals surface area contributed by atoms with Crippen molar-refractivity contribution in [1.82, 2.24) is 4.90 Å². The summed E-state index contributed by atoms with van der Waals surface area (Å²) >= 11 is 7.55. The van der Waals surface area contributed by atoms with E-state index in [1.807, 2.05) is 11.8 Å². The van der Waals surface area contributed by atoms with E-state index in [4.69, 9.17) is 11.6 Å². The second-order valence-corrected chi connectivity index (χ2v) is 3.77. The van der Waals surface area contributed by atoms with Crippen molar-refractivity contribution in [3.8, 4) is 0 Å². The molecular weight excluding hydrogens is 166 g/mol. The molecule has 0 aromatic carbocycles. The number of thioether (sulfide) groups is 1. The van der Waals surface area contributed by atoms with Crippen LogP contribution in [0.15, 0.2) is 0 Å². The van der Waals surface area contributed by atoms with Crippen molar-refractivity contribution >= 4 is 23.4 Å². The molecule has 0 N–H and O–H groups in total. The smallest absolute Gasteiger partial charge is 0.0376 e. The fourth-order valence-electron chi connectivity index (χ4n) is 0.573. The van der Waals surface area contributed by atoms with Gasteiger partial charge in [-0.3, -0.25) is 0 Å². The number of nitrogens with zero attached hydrogens (tertiary/aromatic N) is 1. The Hall–Kier alpha value is 0.600. The van der Waals surface area contributed by atoms with Crippen LogP contribution < -0.4 is 0 Å². The van der Waals surface area contributed by atoms with Crippen LogP contribution in [0.2, 0.25) is 0 Å². The molecule has 10 heavy (non-hydrogen) atoms. The third kappa shape index (κ3) is 4.42. The lowest BCUT2D eigenvalue weighted by Crippen LogP contribution is -2.32. The van der Waals surface area contributed by atoms with E-state index in [1.165, 1.54) is 5.75 Å². The van der Waals surface area contributed by atoms with Gasteiger partial charge in [0.05, 0.1) is 0 Å². The van der Waals surface area contributed by atoms with Crippen molar-refractivity contribution in [2.75, 3.05) is 31.5 Å². The van der Waals surface area contributed by atoms with Gasteiger partial charge in [-0.1, -0.05) is 0 Å². The molecule has 0 aliphatic carbocycles. The summed E-state index contributed by atoms with van der Waals surface area (Å²) in [6, 6.07) is 0.508. The van der Waals surface area contributed by atoms with Crippen molar-refractivity contribution in [3.05, 3.63) is 0 Å². The fourth-order valence-corrected chi connectivity index (χ4v) is 1.28. The van der Waals surface area contributed by atoms with Crippen LogP contribution in [0.4, 0.5) is 0 Å². The number of hydrogen-bond acceptors (Lipinski definition) is 2. The molecule has 1 unspecified atom stereocenters. The maximum atomic E-state index is 5.68. The van der Waals surface area contributed by atoms with Crippen molar-refractivity contribution in [1.29, 1.82) is 0 Å². The molecule has 0 aliphatic heterocycles. The van der Waals surface area contributed by atoms with Crippen LogP contribution in [0, 0.1) is 0 Å². The molecule has 0 aliphatic rings. The van der Waals surface area contributed by atoms with Crippen LogP contribution >= 0.6 is 23.4 Å². The van der Waals surface area contributed by atoms with E-state index < -0.39 is 0 Å². The largest absolute Gasteiger partial charge is 0.302 e. The highest BCUT2D eigenvalue weighted by Gasteiger charge is 2.05. The summed E-state index contributed by atoms with van der Waals surface area (Å²) in [5.74, 6) is 1.92. The summed E-state index contributed by atoms with van der Waals surface area (Å²) in [7, 11) is 2.11. The summed E-state index contributed by atoms with van der Waals surface area (Å²) in [6.45, 7) is 3.28. The Labute approximate surface area is 73.1 Å². The maximum Gasteiger partial charge on any atom is 0.0376 e. The average molecular weight is 182 g/mol. The molecule has 0 rings (SSSR count). The lowest BCUT2D eigenvalue weighted by Gasteiger charge is -2.21. The molecule has 1 nitrogen and oxygen atoms in total. The van der Waals surface area contributed by atoms with Crippen molar-refractivity contribution in [2.24, 2.45) is 0 Å². The molecule has 0 fully saturated rings. The molecule has 0 aromatic heterocycles. The standard InChI is InChI=1S/C7H16ClNS/c1-7(6-8)9(2)4-5-10-3/h7H,4-6H2,1-3H3. The highest BCUT2D eigenvalue weighted by molar-refractivity contribution is 7.98. The van der Waals surface area contributed by atoms with E-state index in [1.54, 1.807) is 0 Å². The highest BCUT2D eigenvalue weighted by Crippen LogP contribution is 2.00. The zero-order valence-electron chi connectivity index (χ0n) is 6.93. The lowest BCUT2D eigenvalue weighted by molar-refractivity contribution is 0.294. The molecule has 0 radical (unpaired) electrons. The van der Waals surface area contributed by atoms with Gasteiger partial charge in [0.1, 0.15) is 0 Å². The maximum absolute atomic E-state index is 5.68. The van der Waals surface area contributed by atoms with Crippen LogP contribution in [0.5, 0.6) is 0 Å². The summed E-state index contributed by atoms with van der Waals surface area (Å²) in [5, 5.41) is 0. The molecule has 0 aromatic rings. The molecule has 0 saturated heterocycles. The Morgan fingerprint density at radius 2 is 2.20 bits per heavy atom. The molecule has 0 saturated carbocycles. The molecule has 0 spiro atoms. The second kappa shape index (κ2) is 6.32. The van der Waals surface area contributed by atoms with E-state index in [0.717, 1.165) is 12.4 Å². The van der Waals surface area contributed by atoms with Gasteiger partial charge in [0.15, 0.2) is 0 Å². The van der Waals surface area contributed by atoms with E-state index in [0.29, 0.717) is 6.04 Å². The van der Waals surface area contributed by atoms with Crippen molar-refractivity contribution in [3.63, 3.8) is 0 Å².